The number of nitrogens with two attached hydrogens (primary N) is 1. The highest BCUT2D eigenvalue weighted by Gasteiger charge is 2.28. The van der Waals surface area contributed by atoms with Crippen molar-refractivity contribution in [3.8, 4) is 28.3 Å². The van der Waals surface area contributed by atoms with Gasteiger partial charge in [0.1, 0.15) is 11.4 Å². The van der Waals surface area contributed by atoms with Gasteiger partial charge in [-0.3, -0.25) is 0 Å². The number of hydrogen-bond acceptors (Lipinski definition) is 8. The van der Waals surface area contributed by atoms with E-state index in [1.165, 1.54) is 6.07 Å². The molecular formula is C31H36N6O5S. The topological polar surface area (TPSA) is 143 Å². The normalized spacial score (nSPS) is 14.5. The van der Waals surface area contributed by atoms with E-state index in [0.717, 1.165) is 35.3 Å². The predicted molar refractivity (Wildman–Crippen MR) is 162 cm³/mol. The van der Waals surface area contributed by atoms with Crippen molar-refractivity contribution in [2.24, 2.45) is 5.14 Å². The van der Waals surface area contributed by atoms with Crippen LogP contribution in [-0.2, 0) is 21.3 Å². The van der Waals surface area contributed by atoms with Gasteiger partial charge in [0.15, 0.2) is 5.82 Å². The van der Waals surface area contributed by atoms with Crippen LogP contribution in [0, 0.1) is 0 Å². The number of tetrazole rings is 1. The van der Waals surface area contributed by atoms with Crippen molar-refractivity contribution in [2.75, 3.05) is 20.2 Å². The second kappa shape index (κ2) is 12.1. The number of benzene rings is 3. The number of nitrogens with zero attached hydrogens (tertiary/aromatic N) is 5. The molecule has 1 aliphatic rings. The van der Waals surface area contributed by atoms with Crippen LogP contribution in [0.3, 0.4) is 0 Å². The Morgan fingerprint density at radius 2 is 1.67 bits per heavy atom. The van der Waals surface area contributed by atoms with Crippen molar-refractivity contribution in [3.63, 3.8) is 0 Å². The fourth-order valence-electron chi connectivity index (χ4n) is 5.29. The monoisotopic (exact) mass is 604 g/mol. The standard InChI is InChI=1S/C31H36N6O5S/c1-31(2,3)42-30(38)36-18-16-23(17-19-36)22-10-12-24(13-11-22)26-6-5-7-27(43(32,39)40)28(26)29-33-34-35-37(29)20-21-8-14-25(41-4)15-9-21/h5-15,23H,16-20H2,1-4H3,(H2,32,39,40). The molecule has 1 aromatic heterocycles. The van der Waals surface area contributed by atoms with Crippen LogP contribution in [0.15, 0.2) is 71.6 Å². The Balaban J connectivity index is 1.42. The van der Waals surface area contributed by atoms with E-state index in [0.29, 0.717) is 36.7 Å². The lowest BCUT2D eigenvalue weighted by molar-refractivity contribution is 0.0205. The third-order valence-corrected chi connectivity index (χ3v) is 8.37. The third-order valence-electron chi connectivity index (χ3n) is 7.42. The number of amides is 1. The van der Waals surface area contributed by atoms with Crippen molar-refractivity contribution < 1.29 is 22.7 Å². The number of likely N-dealkylation sites (tertiary alicyclic amines) is 1. The lowest BCUT2D eigenvalue weighted by Crippen LogP contribution is -2.41. The maximum atomic E-state index is 12.7. The van der Waals surface area contributed by atoms with Gasteiger partial charge < -0.3 is 14.4 Å². The van der Waals surface area contributed by atoms with Crippen LogP contribution < -0.4 is 9.88 Å². The van der Waals surface area contributed by atoms with Gasteiger partial charge in [-0.15, -0.1) is 5.10 Å². The molecule has 1 amide bonds. The number of methoxy groups -OCH3 is 1. The zero-order valence-corrected chi connectivity index (χ0v) is 25.5. The first-order valence-corrected chi connectivity index (χ1v) is 15.6. The van der Waals surface area contributed by atoms with Crippen LogP contribution in [0.5, 0.6) is 5.75 Å². The van der Waals surface area contributed by atoms with E-state index in [-0.39, 0.29) is 16.8 Å². The molecule has 0 bridgehead atoms. The van der Waals surface area contributed by atoms with E-state index in [2.05, 4.69) is 27.7 Å². The zero-order chi connectivity index (χ0) is 30.8. The number of carbonyl (C=O) groups is 1. The highest BCUT2D eigenvalue weighted by atomic mass is 32.2. The van der Waals surface area contributed by atoms with E-state index in [9.17, 15) is 13.2 Å². The smallest absolute Gasteiger partial charge is 0.410 e. The summed E-state index contributed by atoms with van der Waals surface area (Å²) in [6, 6.07) is 20.5. The van der Waals surface area contributed by atoms with Crippen molar-refractivity contribution in [1.82, 2.24) is 25.1 Å². The van der Waals surface area contributed by atoms with Gasteiger partial charge >= 0.3 is 6.09 Å². The van der Waals surface area contributed by atoms with E-state index in [1.54, 1.807) is 22.8 Å². The van der Waals surface area contributed by atoms with Gasteiger partial charge in [0.25, 0.3) is 0 Å². The Kier molecular flexibility index (Phi) is 8.52. The van der Waals surface area contributed by atoms with Crippen LogP contribution in [0.25, 0.3) is 22.5 Å². The van der Waals surface area contributed by atoms with Gasteiger partial charge in [0.2, 0.25) is 10.0 Å². The summed E-state index contributed by atoms with van der Waals surface area (Å²) in [7, 11) is -2.51. The third kappa shape index (κ3) is 7.03. The number of carbonyl (C=O) groups excluding carboxylic acids is 1. The van der Waals surface area contributed by atoms with Crippen LogP contribution in [-0.4, -0.2) is 65.4 Å². The maximum Gasteiger partial charge on any atom is 0.410 e. The number of aromatic nitrogens is 4. The fourth-order valence-corrected chi connectivity index (χ4v) is 6.04. The molecule has 4 aromatic rings. The molecule has 0 aliphatic carbocycles. The van der Waals surface area contributed by atoms with Crippen LogP contribution in [0.1, 0.15) is 50.7 Å². The molecule has 226 valence electrons. The second-order valence-electron chi connectivity index (χ2n) is 11.6. The molecule has 2 N–H and O–H groups in total. The summed E-state index contributed by atoms with van der Waals surface area (Å²) < 4.78 is 37.8. The first kappa shape index (κ1) is 30.2. The van der Waals surface area contributed by atoms with E-state index in [4.69, 9.17) is 14.6 Å². The summed E-state index contributed by atoms with van der Waals surface area (Å²) in [4.78, 5) is 14.2. The molecule has 0 spiro atoms. The first-order valence-electron chi connectivity index (χ1n) is 14.1. The molecule has 3 aromatic carbocycles. The summed E-state index contributed by atoms with van der Waals surface area (Å²) >= 11 is 0. The number of hydrogen-bond donors (Lipinski definition) is 1. The summed E-state index contributed by atoms with van der Waals surface area (Å²) in [5.74, 6) is 1.30. The Hall–Kier alpha value is -4.29. The minimum absolute atomic E-state index is 0.0608. The lowest BCUT2D eigenvalue weighted by atomic mass is 9.88. The highest BCUT2D eigenvalue weighted by molar-refractivity contribution is 7.89. The molecule has 1 fully saturated rings. The first-order chi connectivity index (χ1) is 20.4. The summed E-state index contributed by atoms with van der Waals surface area (Å²) in [6.07, 6.45) is 1.37. The van der Waals surface area contributed by atoms with Crippen LogP contribution in [0.2, 0.25) is 0 Å². The Morgan fingerprint density at radius 3 is 2.28 bits per heavy atom. The molecular weight excluding hydrogens is 568 g/mol. The van der Waals surface area contributed by atoms with Crippen LogP contribution in [0.4, 0.5) is 4.79 Å². The van der Waals surface area contributed by atoms with E-state index in [1.807, 2.05) is 63.2 Å². The Bertz CT molecular complexity index is 1690. The molecule has 0 atom stereocenters. The predicted octanol–water partition coefficient (Wildman–Crippen LogP) is 4.83. The molecule has 1 saturated heterocycles. The largest absolute Gasteiger partial charge is 0.497 e. The van der Waals surface area contributed by atoms with Crippen molar-refractivity contribution in [2.45, 2.75) is 56.6 Å². The number of ether oxygens (including phenoxy) is 2. The minimum atomic E-state index is -4.11. The van der Waals surface area contributed by atoms with Crippen molar-refractivity contribution >= 4 is 16.1 Å². The number of primary sulfonamides is 1. The SMILES string of the molecule is COc1ccc(Cn2nnnc2-c2c(-c3ccc(C4CCN(C(=O)OC(C)(C)C)CC4)cc3)cccc2S(N)(=O)=O)cc1. The van der Waals surface area contributed by atoms with Crippen molar-refractivity contribution in [3.05, 3.63) is 77.9 Å². The summed E-state index contributed by atoms with van der Waals surface area (Å²) in [5.41, 5.74) is 3.31. The molecule has 0 unspecified atom stereocenters. The maximum absolute atomic E-state index is 12.7. The molecule has 5 rings (SSSR count). The van der Waals surface area contributed by atoms with E-state index >= 15 is 0 Å². The molecule has 0 saturated carbocycles. The molecule has 43 heavy (non-hydrogen) atoms. The fraction of sp³-hybridized carbons (Fsp3) is 0.355. The Morgan fingerprint density at radius 1 is 1.00 bits per heavy atom. The van der Waals surface area contributed by atoms with Gasteiger partial charge in [0.05, 0.1) is 18.6 Å². The van der Waals surface area contributed by atoms with Gasteiger partial charge in [0, 0.05) is 18.7 Å². The van der Waals surface area contributed by atoms with Gasteiger partial charge in [-0.2, -0.15) is 0 Å². The van der Waals surface area contributed by atoms with Gasteiger partial charge in [-0.1, -0.05) is 48.5 Å². The molecule has 12 heteroatoms. The summed E-state index contributed by atoms with van der Waals surface area (Å²) in [5, 5.41) is 17.9. The number of piperidine rings is 1. The summed E-state index contributed by atoms with van der Waals surface area (Å²) in [6.45, 7) is 7.16. The number of sulfonamides is 1. The van der Waals surface area contributed by atoms with Crippen LogP contribution >= 0.6 is 0 Å². The average molecular weight is 605 g/mol. The zero-order valence-electron chi connectivity index (χ0n) is 24.7. The number of rotatable bonds is 7. The molecule has 11 nitrogen and oxygen atoms in total. The van der Waals surface area contributed by atoms with Gasteiger partial charge in [-0.05, 0) is 90.4 Å². The quantitative estimate of drug-likeness (QED) is 0.316. The molecule has 0 radical (unpaired) electrons. The van der Waals surface area contributed by atoms with E-state index < -0.39 is 15.6 Å². The van der Waals surface area contributed by atoms with Gasteiger partial charge in [-0.25, -0.2) is 23.0 Å². The highest BCUT2D eigenvalue weighted by Crippen LogP contribution is 2.37. The molecule has 2 heterocycles. The molecule has 1 aliphatic heterocycles. The van der Waals surface area contributed by atoms with Crippen molar-refractivity contribution in [1.29, 1.82) is 0 Å². The second-order valence-corrected chi connectivity index (χ2v) is 13.1. The lowest BCUT2D eigenvalue weighted by Gasteiger charge is -2.33. The minimum Gasteiger partial charge on any atom is -0.497 e. The average Bonchev–Trinajstić information content (AvgIpc) is 3.43. The Labute approximate surface area is 251 Å².